The van der Waals surface area contributed by atoms with E-state index >= 15 is 0 Å². The van der Waals surface area contributed by atoms with E-state index in [1.54, 1.807) is 0 Å². The Kier molecular flexibility index (Phi) is 4.81. The predicted molar refractivity (Wildman–Crippen MR) is 45.7 cm³/mol. The maximum absolute atomic E-state index is 3.28. The van der Waals surface area contributed by atoms with Gasteiger partial charge in [-0.1, -0.05) is 6.92 Å². The highest BCUT2D eigenvalue weighted by Gasteiger charge is 1.92. The van der Waals surface area contributed by atoms with Gasteiger partial charge >= 0.3 is 0 Å². The zero-order valence-corrected chi connectivity index (χ0v) is 7.36. The summed E-state index contributed by atoms with van der Waals surface area (Å²) < 4.78 is 0. The number of hydrogen-bond acceptors (Lipinski definition) is 2. The molecule has 0 spiro atoms. The van der Waals surface area contributed by atoms with Gasteiger partial charge in [0.1, 0.15) is 0 Å². The lowest BCUT2D eigenvalue weighted by Crippen LogP contribution is -2.29. The molecule has 2 N–H and O–H groups in total. The quantitative estimate of drug-likeness (QED) is 0.621. The lowest BCUT2D eigenvalue weighted by molar-refractivity contribution is 0.629. The number of allylic oxidation sites excluding steroid dienone is 1. The smallest absolute Gasteiger partial charge is 0.0944 e. The molecule has 0 saturated heterocycles. The van der Waals surface area contributed by atoms with Gasteiger partial charge in [-0.15, -0.1) is 0 Å². The van der Waals surface area contributed by atoms with Gasteiger partial charge in [0.05, 0.1) is 5.82 Å². The van der Waals surface area contributed by atoms with Gasteiger partial charge in [-0.2, -0.15) is 0 Å². The summed E-state index contributed by atoms with van der Waals surface area (Å²) >= 11 is 0. The molecule has 0 heterocycles. The van der Waals surface area contributed by atoms with E-state index in [0.29, 0.717) is 6.04 Å². The maximum Gasteiger partial charge on any atom is 0.0944 e. The van der Waals surface area contributed by atoms with Crippen molar-refractivity contribution in [3.05, 3.63) is 11.9 Å². The van der Waals surface area contributed by atoms with E-state index in [9.17, 15) is 0 Å². The highest BCUT2D eigenvalue weighted by Crippen LogP contribution is 1.88. The molecule has 0 fully saturated rings. The molecule has 0 rings (SSSR count). The Morgan fingerprint density at radius 1 is 1.50 bits per heavy atom. The predicted octanol–water partition coefficient (Wildman–Crippen LogP) is 1.46. The minimum Gasteiger partial charge on any atom is -0.375 e. The third-order valence-corrected chi connectivity index (χ3v) is 1.12. The first kappa shape index (κ1) is 9.34. The van der Waals surface area contributed by atoms with Gasteiger partial charge < -0.3 is 10.6 Å². The molecule has 2 heteroatoms. The van der Waals surface area contributed by atoms with Crippen molar-refractivity contribution >= 4 is 0 Å². The molecule has 0 amide bonds. The molecule has 0 aromatic rings. The van der Waals surface area contributed by atoms with Gasteiger partial charge in [0.2, 0.25) is 0 Å². The maximum atomic E-state index is 3.28. The monoisotopic (exact) mass is 142 g/mol. The summed E-state index contributed by atoms with van der Waals surface area (Å²) in [4.78, 5) is 0. The van der Waals surface area contributed by atoms with Crippen LogP contribution in [0.5, 0.6) is 0 Å². The fourth-order valence-corrected chi connectivity index (χ4v) is 0.748. The third kappa shape index (κ3) is 4.24. The largest absolute Gasteiger partial charge is 0.375 e. The van der Waals surface area contributed by atoms with Crippen molar-refractivity contribution in [1.29, 1.82) is 0 Å². The number of hydrogen-bond donors (Lipinski definition) is 2. The van der Waals surface area contributed by atoms with Crippen LogP contribution in [0.15, 0.2) is 11.9 Å². The molecule has 0 aliphatic carbocycles. The van der Waals surface area contributed by atoms with Crippen LogP contribution in [-0.4, -0.2) is 13.1 Å². The first-order valence-corrected chi connectivity index (χ1v) is 3.85. The second-order valence-corrected chi connectivity index (χ2v) is 2.58. The van der Waals surface area contributed by atoms with Gasteiger partial charge in [0, 0.05) is 13.1 Å². The minimum atomic E-state index is 0.505. The van der Waals surface area contributed by atoms with Gasteiger partial charge in [-0.25, -0.2) is 0 Å². The highest BCUT2D eigenvalue weighted by atomic mass is 15.1. The molecule has 60 valence electrons. The van der Waals surface area contributed by atoms with Crippen LogP contribution in [0.2, 0.25) is 0 Å². The molecule has 0 bridgehead atoms. The van der Waals surface area contributed by atoms with E-state index < -0.39 is 0 Å². The molecular formula is C8H18N2. The molecular weight excluding hydrogens is 124 g/mol. The minimum absolute atomic E-state index is 0.505. The van der Waals surface area contributed by atoms with Crippen molar-refractivity contribution < 1.29 is 0 Å². The van der Waals surface area contributed by atoms with Crippen LogP contribution in [0.3, 0.4) is 0 Å². The van der Waals surface area contributed by atoms with Crippen LogP contribution in [0.4, 0.5) is 0 Å². The Morgan fingerprint density at radius 3 is 2.40 bits per heavy atom. The number of rotatable bonds is 4. The van der Waals surface area contributed by atoms with Gasteiger partial charge in [-0.05, 0) is 26.3 Å². The molecule has 0 unspecified atom stereocenters. The summed E-state index contributed by atoms with van der Waals surface area (Å²) in [5.41, 5.74) is 0. The zero-order chi connectivity index (χ0) is 7.98. The molecule has 10 heavy (non-hydrogen) atoms. The standard InChI is InChI=1S/C8H18N2/c1-5-6-8(9-4)10-7(2)3/h6-7,9-10H,5H2,1-4H3/b8-6+. The lowest BCUT2D eigenvalue weighted by atomic mass is 10.3. The third-order valence-electron chi connectivity index (χ3n) is 1.12. The fraction of sp³-hybridized carbons (Fsp3) is 0.750. The Bertz CT molecular complexity index is 106. The summed E-state index contributed by atoms with van der Waals surface area (Å²) in [7, 11) is 1.93. The van der Waals surface area contributed by atoms with Crippen LogP contribution < -0.4 is 10.6 Å². The van der Waals surface area contributed by atoms with Crippen molar-refractivity contribution in [2.75, 3.05) is 7.05 Å². The van der Waals surface area contributed by atoms with E-state index in [-0.39, 0.29) is 0 Å². The van der Waals surface area contributed by atoms with Crippen molar-refractivity contribution in [3.63, 3.8) is 0 Å². The average molecular weight is 142 g/mol. The van der Waals surface area contributed by atoms with Crippen molar-refractivity contribution in [3.8, 4) is 0 Å². The van der Waals surface area contributed by atoms with Crippen LogP contribution in [0.25, 0.3) is 0 Å². The first-order chi connectivity index (χ1) is 4.70. The van der Waals surface area contributed by atoms with Crippen molar-refractivity contribution in [2.45, 2.75) is 33.2 Å². The average Bonchev–Trinajstić information content (AvgIpc) is 1.86. The van der Waals surface area contributed by atoms with E-state index in [4.69, 9.17) is 0 Å². The summed E-state index contributed by atoms with van der Waals surface area (Å²) in [5, 5.41) is 6.36. The van der Waals surface area contributed by atoms with Crippen LogP contribution >= 0.6 is 0 Å². The lowest BCUT2D eigenvalue weighted by Gasteiger charge is -2.12. The van der Waals surface area contributed by atoms with E-state index in [0.717, 1.165) is 12.2 Å². The zero-order valence-electron chi connectivity index (χ0n) is 7.36. The molecule has 0 saturated carbocycles. The molecule has 0 radical (unpaired) electrons. The van der Waals surface area contributed by atoms with E-state index in [1.165, 1.54) is 0 Å². The van der Waals surface area contributed by atoms with Crippen LogP contribution in [0.1, 0.15) is 27.2 Å². The van der Waals surface area contributed by atoms with Crippen molar-refractivity contribution in [2.24, 2.45) is 0 Å². The Hall–Kier alpha value is -0.660. The SMILES string of the molecule is CC/C=C(\NC)NC(C)C. The van der Waals surface area contributed by atoms with Crippen LogP contribution in [-0.2, 0) is 0 Å². The second kappa shape index (κ2) is 5.15. The molecule has 0 aromatic heterocycles. The molecule has 2 nitrogen and oxygen atoms in total. The highest BCUT2D eigenvalue weighted by molar-refractivity contribution is 4.96. The molecule has 0 aliphatic heterocycles. The Morgan fingerprint density at radius 2 is 2.10 bits per heavy atom. The first-order valence-electron chi connectivity index (χ1n) is 3.85. The Labute approximate surface area is 63.7 Å². The summed E-state index contributed by atoms with van der Waals surface area (Å²) in [6.45, 7) is 6.38. The van der Waals surface area contributed by atoms with Crippen LogP contribution in [0, 0.1) is 0 Å². The summed E-state index contributed by atoms with van der Waals surface area (Å²) in [6.07, 6.45) is 3.20. The normalized spacial score (nSPS) is 11.9. The summed E-state index contributed by atoms with van der Waals surface area (Å²) in [6, 6.07) is 0.505. The molecule has 0 aromatic carbocycles. The van der Waals surface area contributed by atoms with E-state index in [1.807, 2.05) is 7.05 Å². The fourth-order valence-electron chi connectivity index (χ4n) is 0.748. The van der Waals surface area contributed by atoms with Gasteiger partial charge in [-0.3, -0.25) is 0 Å². The summed E-state index contributed by atoms with van der Waals surface area (Å²) in [5.74, 6) is 1.12. The van der Waals surface area contributed by atoms with Gasteiger partial charge in [0.25, 0.3) is 0 Å². The van der Waals surface area contributed by atoms with Gasteiger partial charge in [0.15, 0.2) is 0 Å². The Balaban J connectivity index is 3.71. The molecule has 0 atom stereocenters. The number of nitrogens with one attached hydrogen (secondary N) is 2. The van der Waals surface area contributed by atoms with E-state index in [2.05, 4.69) is 37.5 Å². The van der Waals surface area contributed by atoms with Crippen molar-refractivity contribution in [1.82, 2.24) is 10.6 Å². The topological polar surface area (TPSA) is 24.1 Å². The second-order valence-electron chi connectivity index (χ2n) is 2.58. The molecule has 0 aliphatic rings.